The van der Waals surface area contributed by atoms with Crippen LogP contribution in [0.15, 0.2) is 110 Å². The van der Waals surface area contributed by atoms with Gasteiger partial charge in [-0.1, -0.05) is 60.7 Å². The highest BCUT2D eigenvalue weighted by molar-refractivity contribution is 5.84. The summed E-state index contributed by atoms with van der Waals surface area (Å²) in [7, 11) is 10.2. The minimum Gasteiger partial charge on any atom is -0.496 e. The molecular weight excluding hydrogens is 1020 g/mol. The molecule has 5 aromatic rings. The molecule has 1 aliphatic rings. The molecule has 6 N–H and O–H groups in total. The second-order valence-corrected chi connectivity index (χ2v) is 15.4. The van der Waals surface area contributed by atoms with Crippen molar-refractivity contribution in [3.05, 3.63) is 138 Å². The van der Waals surface area contributed by atoms with Gasteiger partial charge in [-0.05, 0) is 29.3 Å². The molecule has 0 aromatic heterocycles. The number of nitrogens with two attached hydrogens (primary N) is 1. The average Bonchev–Trinajstić information content (AvgIpc) is 3.83. The summed E-state index contributed by atoms with van der Waals surface area (Å²) in [5, 5.41) is 27.1. The van der Waals surface area contributed by atoms with Crippen molar-refractivity contribution in [2.24, 2.45) is 5.73 Å². The molecular formula is C55H65N3O20. The maximum Gasteiger partial charge on any atom is 0.434 e. The van der Waals surface area contributed by atoms with Crippen LogP contribution in [-0.4, -0.2) is 140 Å². The summed E-state index contributed by atoms with van der Waals surface area (Å²) in [4.78, 5) is 66.6. The Hall–Kier alpha value is -9.03. The van der Waals surface area contributed by atoms with Gasteiger partial charge in [0.1, 0.15) is 58.4 Å². The monoisotopic (exact) mass is 1090 g/mol. The van der Waals surface area contributed by atoms with Crippen LogP contribution in [-0.2, 0) is 41.9 Å². The van der Waals surface area contributed by atoms with Crippen LogP contribution in [0.3, 0.4) is 0 Å². The number of carboxylic acid groups (broad SMARTS) is 3. The highest BCUT2D eigenvalue weighted by Gasteiger charge is 2.31. The number of methoxy groups -OCH3 is 6. The molecule has 6 rings (SSSR count). The Labute approximate surface area is 451 Å². The zero-order chi connectivity index (χ0) is 57.6. The van der Waals surface area contributed by atoms with E-state index in [2.05, 4.69) is 36.5 Å². The molecule has 0 atom stereocenters. The second-order valence-electron chi connectivity index (χ2n) is 15.4. The van der Waals surface area contributed by atoms with Crippen LogP contribution >= 0.6 is 0 Å². The van der Waals surface area contributed by atoms with E-state index in [0.29, 0.717) is 53.7 Å². The fourth-order valence-corrected chi connectivity index (χ4v) is 7.32. The number of hydrogen-bond donors (Lipinski definition) is 5. The van der Waals surface area contributed by atoms with Crippen molar-refractivity contribution in [2.75, 3.05) is 89.3 Å². The summed E-state index contributed by atoms with van der Waals surface area (Å²) in [6.07, 6.45) is 3.04. The number of fused-ring (bicyclic) bond motifs is 3. The van der Waals surface area contributed by atoms with Gasteiger partial charge in [0.15, 0.2) is 26.1 Å². The SMILES string of the molecule is C=CCON(Cc1c(OC)cc(OCC(=O)O)cc1OC)C(=O)OCC1c2ccccc2-c2ccccc21.C=CCONCc1c(OC)cc(OCC(=O)O)cc1OC.CN.COc1cc(OCC(=O)O)cc(OC)c1C=O. The Balaban J connectivity index is 0.000000337. The summed E-state index contributed by atoms with van der Waals surface area (Å²) >= 11 is 0. The molecule has 0 unspecified atom stereocenters. The zero-order valence-corrected chi connectivity index (χ0v) is 44.3. The van der Waals surface area contributed by atoms with Gasteiger partial charge in [0.2, 0.25) is 0 Å². The van der Waals surface area contributed by atoms with E-state index in [1.165, 1.54) is 80.0 Å². The molecule has 23 heteroatoms. The lowest BCUT2D eigenvalue weighted by Gasteiger charge is -2.24. The van der Waals surface area contributed by atoms with E-state index in [1.807, 2.05) is 36.4 Å². The Kier molecular flexibility index (Phi) is 27.4. The third kappa shape index (κ3) is 18.7. The molecule has 0 saturated heterocycles. The number of carboxylic acids is 3. The topological polar surface area (TPSA) is 298 Å². The summed E-state index contributed by atoms with van der Waals surface area (Å²) in [6.45, 7) is 6.57. The fraction of sp³-hybridized carbons (Fsp3) is 0.291. The van der Waals surface area contributed by atoms with Gasteiger partial charge in [-0.3, -0.25) is 14.5 Å². The third-order valence-corrected chi connectivity index (χ3v) is 10.6. The van der Waals surface area contributed by atoms with Crippen LogP contribution in [0.2, 0.25) is 0 Å². The Morgan fingerprint density at radius 2 is 0.974 bits per heavy atom. The van der Waals surface area contributed by atoms with Gasteiger partial charge in [0, 0.05) is 42.3 Å². The number of hydrogen-bond acceptors (Lipinski definition) is 19. The van der Waals surface area contributed by atoms with Crippen LogP contribution in [0, 0.1) is 0 Å². The van der Waals surface area contributed by atoms with Crippen LogP contribution in [0.25, 0.3) is 11.1 Å². The standard InChI is InChI=1S/C29H29NO8.C14H19NO6.C11H12O6.CH5N/c1-4-13-38-30(16-24-26(34-2)14-19(15-27(24)35-3)36-18-28(31)32)29(33)37-17-25-22-11-7-5-9-20(22)21-10-6-8-12-23(21)25;1-4-5-21-15-8-11-12(18-2)6-10(7-13(11)19-3)20-9-14(16)17;1-15-9-3-7(17-6-11(13)14)4-10(16-2)8(9)5-12;1-2/h4-12,14-15,25H,1,13,16-18H2,2-3H3,(H,31,32);4,6-7,15H,1,5,8-9H2,2-3H3,(H,16,17);3-5H,6H2,1-2H3,(H,13,14);2H2,1H3. The zero-order valence-electron chi connectivity index (χ0n) is 44.3. The van der Waals surface area contributed by atoms with Gasteiger partial charge in [-0.25, -0.2) is 19.2 Å². The number of aliphatic carboxylic acids is 3. The summed E-state index contributed by atoms with van der Waals surface area (Å²) in [5.41, 5.74) is 13.2. The second kappa shape index (κ2) is 33.8. The fourth-order valence-electron chi connectivity index (χ4n) is 7.32. The lowest BCUT2D eigenvalue weighted by molar-refractivity contribution is -0.140. The van der Waals surface area contributed by atoms with E-state index in [0.717, 1.165) is 32.9 Å². The largest absolute Gasteiger partial charge is 0.496 e. The number of carbonyl (C=O) groups is 5. The third-order valence-electron chi connectivity index (χ3n) is 10.6. The molecule has 78 heavy (non-hydrogen) atoms. The minimum atomic E-state index is -1.12. The molecule has 1 aliphatic carbocycles. The first-order chi connectivity index (χ1) is 37.7. The first-order valence-corrected chi connectivity index (χ1v) is 23.3. The summed E-state index contributed by atoms with van der Waals surface area (Å²) < 4.78 is 52.6. The van der Waals surface area contributed by atoms with Crippen molar-refractivity contribution in [1.82, 2.24) is 10.5 Å². The number of ether oxygens (including phenoxy) is 10. The Morgan fingerprint density at radius 3 is 1.35 bits per heavy atom. The predicted molar refractivity (Wildman–Crippen MR) is 283 cm³/mol. The number of carbonyl (C=O) groups excluding carboxylic acids is 2. The van der Waals surface area contributed by atoms with Crippen LogP contribution in [0.4, 0.5) is 4.79 Å². The number of rotatable bonds is 28. The number of nitrogens with one attached hydrogen (secondary N) is 1. The average molecular weight is 1090 g/mol. The van der Waals surface area contributed by atoms with Crippen molar-refractivity contribution in [1.29, 1.82) is 0 Å². The van der Waals surface area contributed by atoms with Gasteiger partial charge in [0.05, 0.1) is 85.7 Å². The summed E-state index contributed by atoms with van der Waals surface area (Å²) in [5.74, 6) is -0.356. The minimum absolute atomic E-state index is 0.0641. The predicted octanol–water partition coefficient (Wildman–Crippen LogP) is 6.96. The molecule has 0 radical (unpaired) electrons. The van der Waals surface area contributed by atoms with Crippen LogP contribution in [0.1, 0.15) is 38.5 Å². The van der Waals surface area contributed by atoms with Crippen LogP contribution in [0.5, 0.6) is 51.7 Å². The smallest absolute Gasteiger partial charge is 0.434 e. The highest BCUT2D eigenvalue weighted by Crippen LogP contribution is 2.45. The number of aldehydes is 1. The van der Waals surface area contributed by atoms with Crippen LogP contribution < -0.4 is 53.8 Å². The molecule has 1 amide bonds. The Morgan fingerprint density at radius 1 is 0.590 bits per heavy atom. The highest BCUT2D eigenvalue weighted by atomic mass is 16.7. The number of nitrogens with zero attached hydrogens (tertiary/aromatic N) is 1. The van der Waals surface area contributed by atoms with E-state index in [4.69, 9.17) is 72.4 Å². The van der Waals surface area contributed by atoms with Gasteiger partial charge < -0.3 is 68.4 Å². The van der Waals surface area contributed by atoms with Crippen molar-refractivity contribution in [2.45, 2.75) is 19.0 Å². The van der Waals surface area contributed by atoms with Crippen molar-refractivity contribution >= 4 is 30.3 Å². The van der Waals surface area contributed by atoms with E-state index < -0.39 is 43.8 Å². The van der Waals surface area contributed by atoms with Crippen molar-refractivity contribution in [3.63, 3.8) is 0 Å². The van der Waals surface area contributed by atoms with Crippen molar-refractivity contribution < 1.29 is 96.3 Å². The number of benzene rings is 5. The van der Waals surface area contributed by atoms with E-state index in [-0.39, 0.29) is 54.2 Å². The molecule has 0 saturated carbocycles. The van der Waals surface area contributed by atoms with Gasteiger partial charge >= 0.3 is 24.0 Å². The van der Waals surface area contributed by atoms with E-state index >= 15 is 0 Å². The first-order valence-electron chi connectivity index (χ1n) is 23.3. The molecule has 420 valence electrons. The molecule has 0 aliphatic heterocycles. The maximum atomic E-state index is 13.3. The molecule has 0 fully saturated rings. The van der Waals surface area contributed by atoms with Gasteiger partial charge in [-0.2, -0.15) is 10.5 Å². The van der Waals surface area contributed by atoms with E-state index in [1.54, 1.807) is 18.2 Å². The lowest BCUT2D eigenvalue weighted by Crippen LogP contribution is -2.32. The lowest BCUT2D eigenvalue weighted by atomic mass is 9.98. The number of amides is 1. The quantitative estimate of drug-likeness (QED) is 0.0146. The molecule has 23 nitrogen and oxygen atoms in total. The van der Waals surface area contributed by atoms with E-state index in [9.17, 15) is 24.0 Å². The van der Waals surface area contributed by atoms with Gasteiger partial charge in [-0.15, -0.1) is 13.2 Å². The molecule has 5 aromatic carbocycles. The first kappa shape index (κ1) is 63.3. The van der Waals surface area contributed by atoms with Crippen molar-refractivity contribution in [3.8, 4) is 62.9 Å². The molecule has 0 heterocycles. The van der Waals surface area contributed by atoms with Gasteiger partial charge in [0.25, 0.3) is 0 Å². The number of hydroxylamine groups is 3. The summed E-state index contributed by atoms with van der Waals surface area (Å²) in [6, 6.07) is 25.2. The normalized spacial score (nSPS) is 10.6. The molecule has 0 bridgehead atoms. The molecule has 0 spiro atoms. The Bertz CT molecular complexity index is 2660. The maximum absolute atomic E-state index is 13.3.